The number of nitrogens with zero attached hydrogens (tertiary/aromatic N) is 1. The lowest BCUT2D eigenvalue weighted by Crippen LogP contribution is -2.41. The number of ether oxygens (including phenoxy) is 2. The van der Waals surface area contributed by atoms with Crippen molar-refractivity contribution < 1.29 is 19.4 Å². The van der Waals surface area contributed by atoms with Crippen molar-refractivity contribution in [3.63, 3.8) is 0 Å². The highest BCUT2D eigenvalue weighted by atomic mass is 79.9. The van der Waals surface area contributed by atoms with Crippen LogP contribution in [0.25, 0.3) is 0 Å². The number of amides is 1. The Kier molecular flexibility index (Phi) is 7.20. The normalized spacial score (nSPS) is 14.7. The first-order valence-corrected chi connectivity index (χ1v) is 10.5. The van der Waals surface area contributed by atoms with Gasteiger partial charge < -0.3 is 19.5 Å². The Labute approximate surface area is 174 Å². The van der Waals surface area contributed by atoms with Gasteiger partial charge in [0.25, 0.3) is 5.91 Å². The molecule has 0 atom stereocenters. The van der Waals surface area contributed by atoms with Crippen LogP contribution >= 0.6 is 15.9 Å². The Bertz CT molecular complexity index is 786. The van der Waals surface area contributed by atoms with Crippen molar-refractivity contribution in [1.29, 1.82) is 0 Å². The summed E-state index contributed by atoms with van der Waals surface area (Å²) in [4.78, 5) is 14.5. The SMILES string of the molecule is CCCCOc1ccc(C(=O)N2CCC(Oc3ccc(Br)cc3)CC2)c(O)c1. The largest absolute Gasteiger partial charge is 0.507 e. The smallest absolute Gasteiger partial charge is 0.257 e. The van der Waals surface area contributed by atoms with E-state index in [2.05, 4.69) is 22.9 Å². The molecule has 0 saturated carbocycles. The quantitative estimate of drug-likeness (QED) is 0.605. The molecule has 1 heterocycles. The molecular formula is C22H26BrNO4. The summed E-state index contributed by atoms with van der Waals surface area (Å²) in [5.41, 5.74) is 0.315. The van der Waals surface area contributed by atoms with Crippen LogP contribution in [0.15, 0.2) is 46.9 Å². The molecule has 0 unspecified atom stereocenters. The van der Waals surface area contributed by atoms with Crippen molar-refractivity contribution in [2.75, 3.05) is 19.7 Å². The van der Waals surface area contributed by atoms with Crippen molar-refractivity contribution in [2.24, 2.45) is 0 Å². The Morgan fingerprint density at radius 1 is 1.14 bits per heavy atom. The van der Waals surface area contributed by atoms with E-state index >= 15 is 0 Å². The van der Waals surface area contributed by atoms with Crippen LogP contribution in [0.3, 0.4) is 0 Å². The molecule has 1 N–H and O–H groups in total. The van der Waals surface area contributed by atoms with Gasteiger partial charge in [0.2, 0.25) is 0 Å². The summed E-state index contributed by atoms with van der Waals surface area (Å²) in [6, 6.07) is 12.7. The number of carbonyl (C=O) groups is 1. The number of aromatic hydroxyl groups is 1. The van der Waals surface area contributed by atoms with Gasteiger partial charge >= 0.3 is 0 Å². The van der Waals surface area contributed by atoms with Gasteiger partial charge in [0.1, 0.15) is 23.4 Å². The van der Waals surface area contributed by atoms with Crippen LogP contribution in [0.2, 0.25) is 0 Å². The third kappa shape index (κ3) is 5.41. The molecule has 6 heteroatoms. The summed E-state index contributed by atoms with van der Waals surface area (Å²) in [5, 5.41) is 10.3. The number of carbonyl (C=O) groups excluding carboxylic acids is 1. The molecule has 5 nitrogen and oxygen atoms in total. The van der Waals surface area contributed by atoms with Gasteiger partial charge in [-0.2, -0.15) is 0 Å². The Balaban J connectivity index is 1.53. The van der Waals surface area contributed by atoms with E-state index in [1.54, 1.807) is 17.0 Å². The third-order valence-corrected chi connectivity index (χ3v) is 5.34. The maximum Gasteiger partial charge on any atom is 0.257 e. The maximum absolute atomic E-state index is 12.8. The van der Waals surface area contributed by atoms with Crippen LogP contribution in [0.5, 0.6) is 17.2 Å². The zero-order chi connectivity index (χ0) is 19.9. The molecule has 1 saturated heterocycles. The fourth-order valence-corrected chi connectivity index (χ4v) is 3.43. The van der Waals surface area contributed by atoms with Gasteiger partial charge in [0, 0.05) is 36.5 Å². The van der Waals surface area contributed by atoms with E-state index in [1.807, 2.05) is 24.3 Å². The molecule has 3 rings (SSSR count). The van der Waals surface area contributed by atoms with Gasteiger partial charge in [-0.1, -0.05) is 29.3 Å². The number of unbranched alkanes of at least 4 members (excludes halogenated alkanes) is 1. The average molecular weight is 448 g/mol. The zero-order valence-corrected chi connectivity index (χ0v) is 17.7. The van der Waals surface area contributed by atoms with E-state index in [4.69, 9.17) is 9.47 Å². The number of hydrogen-bond acceptors (Lipinski definition) is 4. The minimum Gasteiger partial charge on any atom is -0.507 e. The van der Waals surface area contributed by atoms with E-state index in [9.17, 15) is 9.90 Å². The van der Waals surface area contributed by atoms with Crippen molar-refractivity contribution in [2.45, 2.75) is 38.7 Å². The summed E-state index contributed by atoms with van der Waals surface area (Å²) in [5.74, 6) is 1.24. The van der Waals surface area contributed by atoms with E-state index in [0.717, 1.165) is 35.9 Å². The molecule has 0 spiro atoms. The van der Waals surface area contributed by atoms with Gasteiger partial charge in [-0.25, -0.2) is 0 Å². The average Bonchev–Trinajstić information content (AvgIpc) is 2.70. The second kappa shape index (κ2) is 9.82. The van der Waals surface area contributed by atoms with Gasteiger partial charge in [-0.15, -0.1) is 0 Å². The molecule has 1 aliphatic heterocycles. The van der Waals surface area contributed by atoms with Gasteiger partial charge in [0.15, 0.2) is 0 Å². The molecule has 1 aliphatic rings. The van der Waals surface area contributed by atoms with Crippen molar-refractivity contribution in [3.8, 4) is 17.2 Å². The predicted molar refractivity (Wildman–Crippen MR) is 112 cm³/mol. The zero-order valence-electron chi connectivity index (χ0n) is 16.1. The van der Waals surface area contributed by atoms with E-state index < -0.39 is 0 Å². The molecule has 1 fully saturated rings. The number of phenolic OH excluding ortho intramolecular Hbond substituents is 1. The topological polar surface area (TPSA) is 59.0 Å². The number of halogens is 1. The molecule has 0 aliphatic carbocycles. The summed E-state index contributed by atoms with van der Waals surface area (Å²) < 4.78 is 12.6. The van der Waals surface area contributed by atoms with Gasteiger partial charge in [0.05, 0.1) is 12.2 Å². The van der Waals surface area contributed by atoms with Crippen LogP contribution in [-0.2, 0) is 0 Å². The molecule has 2 aromatic carbocycles. The van der Waals surface area contributed by atoms with Crippen molar-refractivity contribution in [3.05, 3.63) is 52.5 Å². The number of phenols is 1. The van der Waals surface area contributed by atoms with E-state index in [0.29, 0.717) is 31.0 Å². The minimum absolute atomic E-state index is 0.0350. The number of piperidine rings is 1. The first-order chi connectivity index (χ1) is 13.6. The molecule has 150 valence electrons. The van der Waals surface area contributed by atoms with Crippen LogP contribution in [0.1, 0.15) is 43.0 Å². The van der Waals surface area contributed by atoms with E-state index in [1.165, 1.54) is 6.07 Å². The first-order valence-electron chi connectivity index (χ1n) is 9.74. The monoisotopic (exact) mass is 447 g/mol. The molecule has 0 radical (unpaired) electrons. The molecular weight excluding hydrogens is 422 g/mol. The van der Waals surface area contributed by atoms with Gasteiger partial charge in [-0.3, -0.25) is 4.79 Å². The number of likely N-dealkylation sites (tertiary alicyclic amines) is 1. The van der Waals surface area contributed by atoms with Crippen molar-refractivity contribution >= 4 is 21.8 Å². The Morgan fingerprint density at radius 3 is 2.46 bits per heavy atom. The summed E-state index contributed by atoms with van der Waals surface area (Å²) in [6.45, 7) is 3.91. The fourth-order valence-electron chi connectivity index (χ4n) is 3.17. The highest BCUT2D eigenvalue weighted by Crippen LogP contribution is 2.27. The lowest BCUT2D eigenvalue weighted by atomic mass is 10.1. The maximum atomic E-state index is 12.8. The minimum atomic E-state index is -0.153. The molecule has 28 heavy (non-hydrogen) atoms. The summed E-state index contributed by atoms with van der Waals surface area (Å²) in [6.07, 6.45) is 3.62. The first kappa shape index (κ1) is 20.5. The summed E-state index contributed by atoms with van der Waals surface area (Å²) in [7, 11) is 0. The van der Waals surface area contributed by atoms with E-state index in [-0.39, 0.29) is 17.8 Å². The summed E-state index contributed by atoms with van der Waals surface area (Å²) >= 11 is 3.41. The molecule has 1 amide bonds. The van der Waals surface area contributed by atoms with Crippen LogP contribution in [0.4, 0.5) is 0 Å². The van der Waals surface area contributed by atoms with Crippen LogP contribution < -0.4 is 9.47 Å². The van der Waals surface area contributed by atoms with Crippen LogP contribution in [-0.4, -0.2) is 41.7 Å². The Hall–Kier alpha value is -2.21. The van der Waals surface area contributed by atoms with Gasteiger partial charge in [-0.05, 0) is 42.8 Å². The highest BCUT2D eigenvalue weighted by Gasteiger charge is 2.26. The second-order valence-corrected chi connectivity index (χ2v) is 7.86. The van der Waals surface area contributed by atoms with Crippen molar-refractivity contribution in [1.82, 2.24) is 4.90 Å². The predicted octanol–water partition coefficient (Wildman–Crippen LogP) is 5.02. The fraction of sp³-hybridized carbons (Fsp3) is 0.409. The number of rotatable bonds is 7. The molecule has 0 bridgehead atoms. The lowest BCUT2D eigenvalue weighted by Gasteiger charge is -2.32. The molecule has 0 aromatic heterocycles. The lowest BCUT2D eigenvalue weighted by molar-refractivity contribution is 0.0593. The van der Waals surface area contributed by atoms with Crippen LogP contribution in [0, 0.1) is 0 Å². The second-order valence-electron chi connectivity index (χ2n) is 6.94. The highest BCUT2D eigenvalue weighted by molar-refractivity contribution is 9.10. The Morgan fingerprint density at radius 2 is 1.82 bits per heavy atom. The number of hydrogen-bond donors (Lipinski definition) is 1. The third-order valence-electron chi connectivity index (χ3n) is 4.81. The standard InChI is InChI=1S/C22H26BrNO4/c1-2-3-14-27-19-8-9-20(21(25)15-19)22(26)24-12-10-18(11-13-24)28-17-6-4-16(23)5-7-17/h4-9,15,18,25H,2-3,10-14H2,1H3. The number of benzene rings is 2. The molecule has 2 aromatic rings.